The molecule has 0 amide bonds. The number of rotatable bonds is 3. The number of nitrogens with two attached hydrogens (primary N) is 1. The van der Waals surface area contributed by atoms with E-state index >= 15 is 0 Å². The van der Waals surface area contributed by atoms with Crippen LogP contribution in [0.4, 0.5) is 5.95 Å². The number of morpholine rings is 1. The van der Waals surface area contributed by atoms with Crippen LogP contribution in [0.1, 0.15) is 44.0 Å². The third kappa shape index (κ3) is 2.91. The van der Waals surface area contributed by atoms with E-state index in [0.29, 0.717) is 18.6 Å². The summed E-state index contributed by atoms with van der Waals surface area (Å²) in [5.74, 6) is 0.719. The van der Waals surface area contributed by atoms with Gasteiger partial charge in [0.1, 0.15) is 0 Å². The normalized spacial score (nSPS) is 16.8. The van der Waals surface area contributed by atoms with Gasteiger partial charge in [0.25, 0.3) is 5.56 Å². The van der Waals surface area contributed by atoms with Gasteiger partial charge in [0.05, 0.1) is 24.1 Å². The fraction of sp³-hybridized carbons (Fsp3) is 0.556. The average molecular weight is 330 g/mol. The van der Waals surface area contributed by atoms with Crippen molar-refractivity contribution < 1.29 is 4.74 Å². The van der Waals surface area contributed by atoms with E-state index in [9.17, 15) is 4.79 Å². The molecule has 6 nitrogen and oxygen atoms in total. The molecule has 24 heavy (non-hydrogen) atoms. The fourth-order valence-electron chi connectivity index (χ4n) is 3.27. The number of hydrogen-bond acceptors (Lipinski definition) is 5. The number of aryl methyl sites for hydroxylation is 1. The van der Waals surface area contributed by atoms with Crippen LogP contribution in [0.2, 0.25) is 0 Å². The van der Waals surface area contributed by atoms with E-state index in [1.54, 1.807) is 4.57 Å². The molecule has 130 valence electrons. The number of fused-ring (bicyclic) bond motifs is 1. The Labute approximate surface area is 142 Å². The largest absolute Gasteiger partial charge is 0.378 e. The zero-order valence-corrected chi connectivity index (χ0v) is 14.9. The van der Waals surface area contributed by atoms with Crippen molar-refractivity contribution >= 4 is 16.9 Å². The van der Waals surface area contributed by atoms with Crippen molar-refractivity contribution in [2.75, 3.05) is 31.2 Å². The molecule has 0 saturated carbocycles. The molecule has 1 aromatic carbocycles. The summed E-state index contributed by atoms with van der Waals surface area (Å²) in [6, 6.07) is 3.80. The fourth-order valence-corrected chi connectivity index (χ4v) is 3.27. The second-order valence-electron chi connectivity index (χ2n) is 6.82. The van der Waals surface area contributed by atoms with Crippen molar-refractivity contribution in [2.24, 2.45) is 5.73 Å². The summed E-state index contributed by atoms with van der Waals surface area (Å²) < 4.78 is 7.23. The van der Waals surface area contributed by atoms with Crippen LogP contribution in [0.15, 0.2) is 16.9 Å². The molecule has 1 aliphatic rings. The highest BCUT2D eigenvalue weighted by Crippen LogP contribution is 2.26. The van der Waals surface area contributed by atoms with Crippen LogP contribution in [0.3, 0.4) is 0 Å². The Morgan fingerprint density at radius 1 is 1.21 bits per heavy atom. The van der Waals surface area contributed by atoms with E-state index in [1.807, 2.05) is 39.8 Å². The lowest BCUT2D eigenvalue weighted by Gasteiger charge is -2.31. The molecule has 2 aromatic rings. The highest BCUT2D eigenvalue weighted by Gasteiger charge is 2.22. The van der Waals surface area contributed by atoms with Crippen molar-refractivity contribution in [3.63, 3.8) is 0 Å². The minimum atomic E-state index is -0.174. The highest BCUT2D eigenvalue weighted by atomic mass is 16.5. The third-order valence-electron chi connectivity index (χ3n) is 4.46. The van der Waals surface area contributed by atoms with Gasteiger partial charge in [0.15, 0.2) is 0 Å². The van der Waals surface area contributed by atoms with Gasteiger partial charge in [-0.1, -0.05) is 6.07 Å². The number of benzene rings is 1. The van der Waals surface area contributed by atoms with Gasteiger partial charge in [-0.3, -0.25) is 9.36 Å². The van der Waals surface area contributed by atoms with Gasteiger partial charge in [-0.25, -0.2) is 4.98 Å². The summed E-state index contributed by atoms with van der Waals surface area (Å²) in [6.07, 6.45) is 0. The molecular weight excluding hydrogens is 304 g/mol. The number of ether oxygens (including phenoxy) is 1. The molecular formula is C18H26N4O2. The first kappa shape index (κ1) is 16.9. The maximum atomic E-state index is 13.2. The minimum Gasteiger partial charge on any atom is -0.378 e. The predicted octanol–water partition coefficient (Wildman–Crippen LogP) is 2.14. The van der Waals surface area contributed by atoms with E-state index in [2.05, 4.69) is 4.90 Å². The Bertz CT molecular complexity index is 805. The molecule has 6 heteroatoms. The lowest BCUT2D eigenvalue weighted by atomic mass is 10.0. The van der Waals surface area contributed by atoms with Crippen LogP contribution in [-0.4, -0.2) is 35.9 Å². The summed E-state index contributed by atoms with van der Waals surface area (Å²) in [4.78, 5) is 20.2. The summed E-state index contributed by atoms with van der Waals surface area (Å²) in [7, 11) is 0. The van der Waals surface area contributed by atoms with Crippen molar-refractivity contribution in [2.45, 2.75) is 39.8 Å². The molecule has 1 atom stereocenters. The van der Waals surface area contributed by atoms with E-state index in [1.165, 1.54) is 0 Å². The molecule has 1 unspecified atom stereocenters. The maximum absolute atomic E-state index is 13.2. The Morgan fingerprint density at radius 2 is 1.88 bits per heavy atom. The van der Waals surface area contributed by atoms with Crippen LogP contribution in [0.5, 0.6) is 0 Å². The van der Waals surface area contributed by atoms with Crippen LogP contribution < -0.4 is 16.2 Å². The first-order valence-electron chi connectivity index (χ1n) is 8.55. The molecule has 1 fully saturated rings. The van der Waals surface area contributed by atoms with Gasteiger partial charge in [0.2, 0.25) is 5.95 Å². The van der Waals surface area contributed by atoms with Crippen LogP contribution >= 0.6 is 0 Å². The van der Waals surface area contributed by atoms with Gasteiger partial charge < -0.3 is 15.4 Å². The summed E-state index contributed by atoms with van der Waals surface area (Å²) >= 11 is 0. The van der Waals surface area contributed by atoms with E-state index in [0.717, 1.165) is 35.7 Å². The lowest BCUT2D eigenvalue weighted by Crippen LogP contribution is -2.41. The van der Waals surface area contributed by atoms with Gasteiger partial charge in [-0.2, -0.15) is 0 Å². The molecule has 2 heterocycles. The minimum absolute atomic E-state index is 0.00194. The molecule has 1 aromatic heterocycles. The van der Waals surface area contributed by atoms with Gasteiger partial charge in [0, 0.05) is 25.2 Å². The zero-order valence-electron chi connectivity index (χ0n) is 14.9. The standard InChI is InChI=1S/C18H26N4O2/c1-11(2)22-17(23)15-10-12(3)9-14(13(4)19)16(15)20-18(22)21-5-7-24-8-6-21/h9-11,13H,5-8,19H2,1-4H3. The number of hydrogen-bond donors (Lipinski definition) is 1. The molecule has 0 spiro atoms. The quantitative estimate of drug-likeness (QED) is 0.933. The SMILES string of the molecule is Cc1cc(C(C)N)c2nc(N3CCOCC3)n(C(C)C)c(=O)c2c1. The molecule has 0 radical (unpaired) electrons. The van der Waals surface area contributed by atoms with E-state index in [-0.39, 0.29) is 17.6 Å². The number of nitrogens with zero attached hydrogens (tertiary/aromatic N) is 3. The predicted molar refractivity (Wildman–Crippen MR) is 96.8 cm³/mol. The van der Waals surface area contributed by atoms with Gasteiger partial charge >= 0.3 is 0 Å². The van der Waals surface area contributed by atoms with E-state index in [4.69, 9.17) is 15.5 Å². The van der Waals surface area contributed by atoms with Crippen LogP contribution in [0, 0.1) is 6.92 Å². The maximum Gasteiger partial charge on any atom is 0.263 e. The van der Waals surface area contributed by atoms with Crippen molar-refractivity contribution in [1.29, 1.82) is 0 Å². The molecule has 1 saturated heterocycles. The zero-order chi connectivity index (χ0) is 17.4. The molecule has 1 aliphatic heterocycles. The van der Waals surface area contributed by atoms with E-state index < -0.39 is 0 Å². The molecule has 2 N–H and O–H groups in total. The van der Waals surface area contributed by atoms with Crippen LogP contribution in [-0.2, 0) is 4.74 Å². The van der Waals surface area contributed by atoms with Crippen molar-refractivity contribution in [3.05, 3.63) is 33.6 Å². The Kier molecular flexibility index (Phi) is 4.60. The summed E-state index contributed by atoms with van der Waals surface area (Å²) in [6.45, 7) is 10.7. The number of aromatic nitrogens is 2. The van der Waals surface area contributed by atoms with Crippen LogP contribution in [0.25, 0.3) is 10.9 Å². The first-order valence-corrected chi connectivity index (χ1v) is 8.55. The number of anilines is 1. The molecule has 0 aliphatic carbocycles. The third-order valence-corrected chi connectivity index (χ3v) is 4.46. The average Bonchev–Trinajstić information content (AvgIpc) is 2.55. The monoisotopic (exact) mass is 330 g/mol. The lowest BCUT2D eigenvalue weighted by molar-refractivity contribution is 0.121. The molecule has 3 rings (SSSR count). The Morgan fingerprint density at radius 3 is 2.46 bits per heavy atom. The first-order chi connectivity index (χ1) is 11.4. The molecule has 0 bridgehead atoms. The second kappa shape index (κ2) is 6.53. The van der Waals surface area contributed by atoms with Crippen molar-refractivity contribution in [1.82, 2.24) is 9.55 Å². The highest BCUT2D eigenvalue weighted by molar-refractivity contribution is 5.83. The Hall–Kier alpha value is -1.92. The summed E-state index contributed by atoms with van der Waals surface area (Å²) in [5, 5.41) is 0.646. The topological polar surface area (TPSA) is 73.4 Å². The Balaban J connectivity index is 2.33. The van der Waals surface area contributed by atoms with Crippen molar-refractivity contribution in [3.8, 4) is 0 Å². The van der Waals surface area contributed by atoms with Gasteiger partial charge in [-0.15, -0.1) is 0 Å². The van der Waals surface area contributed by atoms with Gasteiger partial charge in [-0.05, 0) is 44.9 Å². The smallest absolute Gasteiger partial charge is 0.263 e. The second-order valence-corrected chi connectivity index (χ2v) is 6.82. The summed E-state index contributed by atoms with van der Waals surface area (Å²) in [5.41, 5.74) is 8.82.